The van der Waals surface area contributed by atoms with E-state index >= 15 is 0 Å². The van der Waals surface area contributed by atoms with Gasteiger partial charge in [0.05, 0.1) is 0 Å². The number of aromatic amines is 1. The fourth-order valence-corrected chi connectivity index (χ4v) is 4.10. The van der Waals surface area contributed by atoms with Crippen LogP contribution in [-0.2, 0) is 17.8 Å². The van der Waals surface area contributed by atoms with Crippen molar-refractivity contribution in [2.45, 2.75) is 46.6 Å². The predicted molar refractivity (Wildman–Crippen MR) is 139 cm³/mol. The Morgan fingerprint density at radius 1 is 1.06 bits per heavy atom. The first-order valence-electron chi connectivity index (χ1n) is 12.5. The van der Waals surface area contributed by atoms with Gasteiger partial charge in [-0.2, -0.15) is 0 Å². The van der Waals surface area contributed by atoms with Gasteiger partial charge in [-0.15, -0.1) is 0 Å². The van der Waals surface area contributed by atoms with Gasteiger partial charge in [-0.05, 0) is 48.1 Å². The topological polar surface area (TPSA) is 68.4 Å². The van der Waals surface area contributed by atoms with E-state index in [1.54, 1.807) is 21.9 Å². The summed E-state index contributed by atoms with van der Waals surface area (Å²) in [6, 6.07) is 14.1. The van der Waals surface area contributed by atoms with Gasteiger partial charge in [0.2, 0.25) is 5.91 Å². The summed E-state index contributed by atoms with van der Waals surface area (Å²) in [4.78, 5) is 32.9. The minimum atomic E-state index is -0.308. The lowest BCUT2D eigenvalue weighted by atomic mass is 10.1. The highest BCUT2D eigenvalue weighted by atomic mass is 19.1. The molecule has 2 N–H and O–H groups in total. The molecule has 0 aliphatic rings. The highest BCUT2D eigenvalue weighted by Crippen LogP contribution is 2.19. The van der Waals surface area contributed by atoms with Crippen LogP contribution in [0.2, 0.25) is 0 Å². The first-order chi connectivity index (χ1) is 16.9. The zero-order valence-corrected chi connectivity index (χ0v) is 21.0. The van der Waals surface area contributed by atoms with Gasteiger partial charge in [0.25, 0.3) is 0 Å². The molecule has 0 aliphatic heterocycles. The Labute approximate surface area is 207 Å². The SMILES string of the molecule is CCCCNC(=O)N(CC(=O)N(CCc1c[nH]c2ccccc12)Cc1ccc(F)cc1)CC(C)C. The molecule has 0 saturated carbocycles. The van der Waals surface area contributed by atoms with Crippen molar-refractivity contribution in [3.05, 3.63) is 71.7 Å². The largest absolute Gasteiger partial charge is 0.361 e. The predicted octanol–water partition coefficient (Wildman–Crippen LogP) is 5.35. The lowest BCUT2D eigenvalue weighted by Gasteiger charge is -2.29. The number of unbranched alkanes of at least 4 members (excludes halogenated alkanes) is 1. The first kappa shape index (κ1) is 26.3. The summed E-state index contributed by atoms with van der Waals surface area (Å²) >= 11 is 0. The molecule has 188 valence electrons. The molecule has 0 atom stereocenters. The second-order valence-corrected chi connectivity index (χ2v) is 9.41. The Morgan fingerprint density at radius 3 is 2.51 bits per heavy atom. The van der Waals surface area contributed by atoms with Gasteiger partial charge in [-0.3, -0.25) is 4.79 Å². The van der Waals surface area contributed by atoms with Crippen LogP contribution < -0.4 is 5.32 Å². The number of urea groups is 1. The van der Waals surface area contributed by atoms with Crippen molar-refractivity contribution in [2.75, 3.05) is 26.2 Å². The number of amides is 3. The van der Waals surface area contributed by atoms with E-state index in [9.17, 15) is 14.0 Å². The molecule has 35 heavy (non-hydrogen) atoms. The van der Waals surface area contributed by atoms with Crippen molar-refractivity contribution in [1.29, 1.82) is 0 Å². The molecule has 0 aliphatic carbocycles. The zero-order chi connectivity index (χ0) is 25.2. The Morgan fingerprint density at radius 2 is 1.80 bits per heavy atom. The van der Waals surface area contributed by atoms with Crippen LogP contribution >= 0.6 is 0 Å². The Balaban J connectivity index is 1.75. The maximum atomic E-state index is 13.5. The van der Waals surface area contributed by atoms with Crippen molar-refractivity contribution in [3.8, 4) is 0 Å². The van der Waals surface area contributed by atoms with Crippen LogP contribution in [0.1, 0.15) is 44.7 Å². The van der Waals surface area contributed by atoms with Crippen LogP contribution in [0.5, 0.6) is 0 Å². The Kier molecular flexibility index (Phi) is 9.70. The Bertz CT molecular complexity index is 1090. The van der Waals surface area contributed by atoms with E-state index in [2.05, 4.69) is 23.3 Å². The maximum absolute atomic E-state index is 13.5. The number of carbonyl (C=O) groups excluding carboxylic acids is 2. The van der Waals surface area contributed by atoms with Crippen molar-refractivity contribution in [3.63, 3.8) is 0 Å². The number of hydrogen-bond acceptors (Lipinski definition) is 2. The minimum Gasteiger partial charge on any atom is -0.361 e. The van der Waals surface area contributed by atoms with Gasteiger partial charge >= 0.3 is 6.03 Å². The number of hydrogen-bond donors (Lipinski definition) is 2. The molecular weight excluding hydrogens is 443 g/mol. The maximum Gasteiger partial charge on any atom is 0.317 e. The first-order valence-corrected chi connectivity index (χ1v) is 12.5. The number of H-pyrrole nitrogens is 1. The number of halogens is 1. The highest BCUT2D eigenvalue weighted by Gasteiger charge is 2.22. The second-order valence-electron chi connectivity index (χ2n) is 9.41. The van der Waals surface area contributed by atoms with Gasteiger partial charge in [0.15, 0.2) is 0 Å². The van der Waals surface area contributed by atoms with E-state index in [1.165, 1.54) is 12.1 Å². The quantitative estimate of drug-likeness (QED) is 0.343. The molecule has 0 fully saturated rings. The van der Waals surface area contributed by atoms with Crippen molar-refractivity contribution < 1.29 is 14.0 Å². The smallest absolute Gasteiger partial charge is 0.317 e. The molecule has 0 spiro atoms. The minimum absolute atomic E-state index is 0.00518. The van der Waals surface area contributed by atoms with Crippen LogP contribution in [0.25, 0.3) is 10.9 Å². The van der Waals surface area contributed by atoms with Crippen molar-refractivity contribution >= 4 is 22.8 Å². The van der Waals surface area contributed by atoms with Gasteiger partial charge in [0.1, 0.15) is 12.4 Å². The van der Waals surface area contributed by atoms with Crippen LogP contribution in [0.4, 0.5) is 9.18 Å². The normalized spacial score (nSPS) is 11.1. The van der Waals surface area contributed by atoms with E-state index in [-0.39, 0.29) is 30.2 Å². The third kappa shape index (κ3) is 7.84. The number of benzene rings is 2. The number of fused-ring (bicyclic) bond motifs is 1. The molecule has 0 radical (unpaired) electrons. The molecule has 0 unspecified atom stereocenters. The number of carbonyl (C=O) groups is 2. The van der Waals surface area contributed by atoms with E-state index in [0.717, 1.165) is 34.9 Å². The molecule has 6 nitrogen and oxygen atoms in total. The third-order valence-electron chi connectivity index (χ3n) is 5.97. The molecule has 2 aromatic carbocycles. The molecule has 7 heteroatoms. The van der Waals surface area contributed by atoms with E-state index < -0.39 is 0 Å². The number of aromatic nitrogens is 1. The summed E-state index contributed by atoms with van der Waals surface area (Å²) in [6.45, 7) is 8.08. The highest BCUT2D eigenvalue weighted by molar-refractivity contribution is 5.85. The number of nitrogens with zero attached hydrogens (tertiary/aromatic N) is 2. The van der Waals surface area contributed by atoms with Gasteiger partial charge in [-0.25, -0.2) is 9.18 Å². The van der Waals surface area contributed by atoms with Crippen LogP contribution in [0.15, 0.2) is 54.7 Å². The van der Waals surface area contributed by atoms with Gasteiger partial charge in [-0.1, -0.05) is 57.5 Å². The molecule has 3 aromatic rings. The lowest BCUT2D eigenvalue weighted by Crippen LogP contribution is -2.48. The summed E-state index contributed by atoms with van der Waals surface area (Å²) in [5.41, 5.74) is 3.04. The van der Waals surface area contributed by atoms with E-state index in [0.29, 0.717) is 32.6 Å². The number of para-hydroxylation sites is 1. The average Bonchev–Trinajstić information content (AvgIpc) is 3.25. The van der Waals surface area contributed by atoms with Crippen LogP contribution in [0, 0.1) is 11.7 Å². The van der Waals surface area contributed by atoms with E-state index in [1.807, 2.05) is 38.2 Å². The van der Waals surface area contributed by atoms with Crippen molar-refractivity contribution in [1.82, 2.24) is 20.1 Å². The fourth-order valence-electron chi connectivity index (χ4n) is 4.10. The fraction of sp³-hybridized carbons (Fsp3) is 0.429. The molecular formula is C28H37FN4O2. The van der Waals surface area contributed by atoms with Crippen LogP contribution in [0.3, 0.4) is 0 Å². The average molecular weight is 481 g/mol. The summed E-state index contributed by atoms with van der Waals surface area (Å²) in [7, 11) is 0. The monoisotopic (exact) mass is 480 g/mol. The zero-order valence-electron chi connectivity index (χ0n) is 21.0. The van der Waals surface area contributed by atoms with Gasteiger partial charge < -0.3 is 20.1 Å². The molecule has 0 bridgehead atoms. The molecule has 1 aromatic heterocycles. The molecule has 1 heterocycles. The number of nitrogens with one attached hydrogen (secondary N) is 2. The summed E-state index contributed by atoms with van der Waals surface area (Å²) < 4.78 is 13.4. The summed E-state index contributed by atoms with van der Waals surface area (Å²) in [5, 5.41) is 4.07. The third-order valence-corrected chi connectivity index (χ3v) is 5.97. The molecule has 0 saturated heterocycles. The van der Waals surface area contributed by atoms with Gasteiger partial charge in [0, 0.05) is 43.3 Å². The lowest BCUT2D eigenvalue weighted by molar-refractivity contribution is -0.132. The standard InChI is InChI=1S/C28H37FN4O2/c1-4-5-15-30-28(35)33(18-21(2)3)20-27(34)32(19-22-10-12-24(29)13-11-22)16-14-23-17-31-26-9-7-6-8-25(23)26/h6-13,17,21,31H,4-5,14-16,18-20H2,1-3H3,(H,30,35). The van der Waals surface area contributed by atoms with E-state index in [4.69, 9.17) is 0 Å². The van der Waals surface area contributed by atoms with Crippen LogP contribution in [-0.4, -0.2) is 52.9 Å². The summed E-state index contributed by atoms with van der Waals surface area (Å²) in [5.74, 6) is -0.200. The second kappa shape index (κ2) is 12.9. The molecule has 3 amide bonds. The van der Waals surface area contributed by atoms with Crippen molar-refractivity contribution in [2.24, 2.45) is 5.92 Å². The Hall–Kier alpha value is -3.35. The summed E-state index contributed by atoms with van der Waals surface area (Å²) in [6.07, 6.45) is 4.54. The number of rotatable bonds is 12. The molecule has 3 rings (SSSR count).